The molecule has 1 amide bonds. The van der Waals surface area contributed by atoms with Crippen molar-refractivity contribution in [3.8, 4) is 0 Å². The van der Waals surface area contributed by atoms with Crippen molar-refractivity contribution in [2.24, 2.45) is 0 Å². The smallest absolute Gasteiger partial charge is 0.251 e. The zero-order valence-electron chi connectivity index (χ0n) is 16.3. The molecule has 1 heterocycles. The van der Waals surface area contributed by atoms with Crippen LogP contribution in [0.3, 0.4) is 0 Å². The number of sulfonamides is 1. The number of halogens is 1. The summed E-state index contributed by atoms with van der Waals surface area (Å²) in [7, 11) is -3.62. The highest BCUT2D eigenvalue weighted by atomic mass is 35.5. The lowest BCUT2D eigenvalue weighted by Crippen LogP contribution is -2.43. The minimum atomic E-state index is -3.62. The number of rotatable bonds is 5. The highest BCUT2D eigenvalue weighted by molar-refractivity contribution is 7.89. The molecule has 1 saturated heterocycles. The van der Waals surface area contributed by atoms with Crippen molar-refractivity contribution in [1.82, 2.24) is 9.62 Å². The van der Waals surface area contributed by atoms with E-state index >= 15 is 0 Å². The molecule has 1 fully saturated rings. The molecule has 7 heteroatoms. The summed E-state index contributed by atoms with van der Waals surface area (Å²) in [6.07, 6.45) is 1.51. The van der Waals surface area contributed by atoms with E-state index in [2.05, 4.69) is 5.32 Å². The topological polar surface area (TPSA) is 66.5 Å². The lowest BCUT2D eigenvalue weighted by atomic mass is 10.1. The van der Waals surface area contributed by atoms with Gasteiger partial charge in [-0.25, -0.2) is 8.42 Å². The molecular weight excluding hydrogens is 396 g/mol. The molecule has 3 rings (SSSR count). The third kappa shape index (κ3) is 4.24. The van der Waals surface area contributed by atoms with Crippen molar-refractivity contribution in [2.45, 2.75) is 44.6 Å². The molecule has 5 nitrogen and oxygen atoms in total. The first-order valence-electron chi connectivity index (χ1n) is 9.33. The van der Waals surface area contributed by atoms with Crippen molar-refractivity contribution in [3.05, 3.63) is 63.7 Å². The van der Waals surface area contributed by atoms with Gasteiger partial charge in [0, 0.05) is 29.7 Å². The molecule has 1 aliphatic rings. The summed E-state index contributed by atoms with van der Waals surface area (Å²) in [4.78, 5) is 12.7. The zero-order valence-corrected chi connectivity index (χ0v) is 17.9. The van der Waals surface area contributed by atoms with Gasteiger partial charge in [0.05, 0.1) is 4.90 Å². The number of benzene rings is 2. The quantitative estimate of drug-likeness (QED) is 0.798. The summed E-state index contributed by atoms with van der Waals surface area (Å²) >= 11 is 5.85. The third-order valence-electron chi connectivity index (χ3n) is 5.10. The predicted molar refractivity (Wildman–Crippen MR) is 111 cm³/mol. The van der Waals surface area contributed by atoms with Crippen LogP contribution >= 0.6 is 11.6 Å². The number of aryl methyl sites for hydroxylation is 3. The van der Waals surface area contributed by atoms with E-state index in [0.29, 0.717) is 22.0 Å². The zero-order chi connectivity index (χ0) is 20.5. The summed E-state index contributed by atoms with van der Waals surface area (Å²) in [6.45, 7) is 6.38. The molecule has 150 valence electrons. The van der Waals surface area contributed by atoms with E-state index in [9.17, 15) is 13.2 Å². The Balaban J connectivity index is 1.77. The van der Waals surface area contributed by atoms with Gasteiger partial charge in [-0.15, -0.1) is 0 Å². The standard InChI is InChI=1S/C21H25ClN2O3S/c1-14-11-15(2)20(16(3)12-14)28(26,27)24-10-4-5-19(24)13-23-21(25)17-6-8-18(22)9-7-17/h6-9,11-12,19H,4-5,10,13H2,1-3H3,(H,23,25)/t19-/m1/s1. The van der Waals surface area contributed by atoms with Crippen LogP contribution in [0.1, 0.15) is 39.9 Å². The van der Waals surface area contributed by atoms with E-state index in [0.717, 1.165) is 29.5 Å². The Labute approximate surface area is 171 Å². The van der Waals surface area contributed by atoms with Crippen LogP contribution in [0.5, 0.6) is 0 Å². The Bertz CT molecular complexity index is 964. The van der Waals surface area contributed by atoms with E-state index in [1.807, 2.05) is 32.9 Å². The number of nitrogens with zero attached hydrogens (tertiary/aromatic N) is 1. The molecule has 2 aromatic rings. The highest BCUT2D eigenvalue weighted by Gasteiger charge is 2.37. The van der Waals surface area contributed by atoms with Gasteiger partial charge in [-0.3, -0.25) is 4.79 Å². The Morgan fingerprint density at radius 2 is 1.75 bits per heavy atom. The van der Waals surface area contributed by atoms with Crippen molar-refractivity contribution in [3.63, 3.8) is 0 Å². The minimum absolute atomic E-state index is 0.233. The largest absolute Gasteiger partial charge is 0.350 e. The van der Waals surface area contributed by atoms with Crippen LogP contribution in [0.15, 0.2) is 41.3 Å². The van der Waals surface area contributed by atoms with Gasteiger partial charge in [0.15, 0.2) is 0 Å². The second-order valence-corrected chi connectivity index (χ2v) is 9.62. The summed E-state index contributed by atoms with van der Waals surface area (Å²) in [6, 6.07) is 10.2. The van der Waals surface area contributed by atoms with Crippen molar-refractivity contribution in [2.75, 3.05) is 13.1 Å². The molecule has 0 radical (unpaired) electrons. The van der Waals surface area contributed by atoms with Crippen LogP contribution in [-0.4, -0.2) is 37.8 Å². The van der Waals surface area contributed by atoms with Crippen LogP contribution in [0.4, 0.5) is 0 Å². The highest BCUT2D eigenvalue weighted by Crippen LogP contribution is 2.30. The van der Waals surface area contributed by atoms with Crippen molar-refractivity contribution in [1.29, 1.82) is 0 Å². The van der Waals surface area contributed by atoms with Gasteiger partial charge in [-0.1, -0.05) is 29.3 Å². The SMILES string of the molecule is Cc1cc(C)c(S(=O)(=O)N2CCC[C@@H]2CNC(=O)c2ccc(Cl)cc2)c(C)c1. The molecule has 0 spiro atoms. The fourth-order valence-electron chi connectivity index (χ4n) is 3.93. The van der Waals surface area contributed by atoms with E-state index in [-0.39, 0.29) is 18.5 Å². The Kier molecular flexibility index (Phi) is 6.12. The lowest BCUT2D eigenvalue weighted by Gasteiger charge is -2.26. The Hall–Kier alpha value is -1.89. The van der Waals surface area contributed by atoms with Gasteiger partial charge < -0.3 is 5.32 Å². The average molecular weight is 421 g/mol. The molecule has 0 saturated carbocycles. The molecule has 1 N–H and O–H groups in total. The van der Waals surface area contributed by atoms with E-state index in [1.165, 1.54) is 0 Å². The van der Waals surface area contributed by atoms with Gasteiger partial charge in [0.25, 0.3) is 5.91 Å². The van der Waals surface area contributed by atoms with Crippen LogP contribution < -0.4 is 5.32 Å². The summed E-state index contributed by atoms with van der Waals surface area (Å²) in [5.74, 6) is -0.233. The first-order chi connectivity index (χ1) is 13.2. The second-order valence-electron chi connectivity index (χ2n) is 7.36. The number of carbonyl (C=O) groups excluding carboxylic acids is 1. The van der Waals surface area contributed by atoms with Crippen LogP contribution in [-0.2, 0) is 10.0 Å². The molecule has 1 atom stereocenters. The molecule has 0 aromatic heterocycles. The average Bonchev–Trinajstić information content (AvgIpc) is 3.08. The van der Waals surface area contributed by atoms with Crippen LogP contribution in [0, 0.1) is 20.8 Å². The molecular formula is C21H25ClN2O3S. The van der Waals surface area contributed by atoms with E-state index in [4.69, 9.17) is 11.6 Å². The van der Waals surface area contributed by atoms with Gasteiger partial charge >= 0.3 is 0 Å². The maximum atomic E-state index is 13.3. The number of hydrogen-bond donors (Lipinski definition) is 1. The maximum Gasteiger partial charge on any atom is 0.251 e. The maximum absolute atomic E-state index is 13.3. The summed E-state index contributed by atoms with van der Waals surface area (Å²) in [5.41, 5.74) is 3.06. The molecule has 0 aliphatic carbocycles. The Morgan fingerprint density at radius 3 is 2.36 bits per heavy atom. The first-order valence-corrected chi connectivity index (χ1v) is 11.2. The fraction of sp³-hybridized carbons (Fsp3) is 0.381. The van der Waals surface area contributed by atoms with Crippen molar-refractivity contribution >= 4 is 27.5 Å². The van der Waals surface area contributed by atoms with Crippen LogP contribution in [0.25, 0.3) is 0 Å². The van der Waals surface area contributed by atoms with Gasteiger partial charge in [0.1, 0.15) is 0 Å². The monoisotopic (exact) mass is 420 g/mol. The van der Waals surface area contributed by atoms with Crippen LogP contribution in [0.2, 0.25) is 5.02 Å². The van der Waals surface area contributed by atoms with Gasteiger partial charge in [0.2, 0.25) is 10.0 Å². The minimum Gasteiger partial charge on any atom is -0.350 e. The number of carbonyl (C=O) groups is 1. The van der Waals surface area contributed by atoms with Gasteiger partial charge in [-0.05, 0) is 69.0 Å². The molecule has 0 bridgehead atoms. The third-order valence-corrected chi connectivity index (χ3v) is 7.61. The summed E-state index contributed by atoms with van der Waals surface area (Å²) < 4.78 is 28.2. The molecule has 28 heavy (non-hydrogen) atoms. The second kappa shape index (κ2) is 8.23. The molecule has 0 unspecified atom stereocenters. The summed E-state index contributed by atoms with van der Waals surface area (Å²) in [5, 5.41) is 3.43. The molecule has 1 aliphatic heterocycles. The molecule has 2 aromatic carbocycles. The fourth-order valence-corrected chi connectivity index (χ4v) is 6.17. The van der Waals surface area contributed by atoms with Crippen molar-refractivity contribution < 1.29 is 13.2 Å². The predicted octanol–water partition coefficient (Wildman–Crippen LogP) is 3.85. The normalized spacial score (nSPS) is 17.6. The van der Waals surface area contributed by atoms with Gasteiger partial charge in [-0.2, -0.15) is 4.31 Å². The van der Waals surface area contributed by atoms with E-state index in [1.54, 1.807) is 28.6 Å². The first kappa shape index (κ1) is 20.8. The number of amides is 1. The number of hydrogen-bond acceptors (Lipinski definition) is 3. The number of nitrogens with one attached hydrogen (secondary N) is 1. The lowest BCUT2D eigenvalue weighted by molar-refractivity contribution is 0.0946. The van der Waals surface area contributed by atoms with E-state index < -0.39 is 10.0 Å². The Morgan fingerprint density at radius 1 is 1.14 bits per heavy atom.